The Hall–Kier alpha value is -0.870. The molecule has 0 heterocycles. The van der Waals surface area contributed by atoms with Gasteiger partial charge in [0.25, 0.3) is 0 Å². The molecule has 1 unspecified atom stereocenters. The molecule has 0 aliphatic carbocycles. The lowest BCUT2D eigenvalue weighted by Crippen LogP contribution is -2.25. The quantitative estimate of drug-likeness (QED) is 0.933. The zero-order valence-corrected chi connectivity index (χ0v) is 12.4. The Morgan fingerprint density at radius 2 is 1.82 bits per heavy atom. The summed E-state index contributed by atoms with van der Waals surface area (Å²) in [5.41, 5.74) is 1.30. The molecule has 4 heteroatoms. The molecule has 3 nitrogen and oxygen atoms in total. The number of hydrogen-bond donors (Lipinski definition) is 1. The predicted octanol–water partition coefficient (Wildman–Crippen LogP) is 3.03. The molecular weight excluding hydrogens is 282 g/mol. The van der Waals surface area contributed by atoms with Gasteiger partial charge >= 0.3 is 5.97 Å². The van der Waals surface area contributed by atoms with Crippen molar-refractivity contribution in [2.75, 3.05) is 20.6 Å². The van der Waals surface area contributed by atoms with Gasteiger partial charge in [0.05, 0.1) is 5.92 Å². The first-order valence-corrected chi connectivity index (χ1v) is 6.22. The Bertz CT molecular complexity index is 315. The van der Waals surface area contributed by atoms with Crippen LogP contribution in [0, 0.1) is 12.8 Å². The zero-order chi connectivity index (χ0) is 13.4. The molecule has 96 valence electrons. The highest BCUT2D eigenvalue weighted by Gasteiger charge is 2.10. The molecule has 1 N–H and O–H groups in total. The number of carboxylic acid groups (broad SMARTS) is 1. The first-order chi connectivity index (χ1) is 7.82. The first-order valence-electron chi connectivity index (χ1n) is 5.42. The molecular formula is C13H20BrNO2. The van der Waals surface area contributed by atoms with E-state index in [4.69, 9.17) is 5.11 Å². The number of hydrogen-bond acceptors (Lipinski definition) is 2. The summed E-state index contributed by atoms with van der Waals surface area (Å²) >= 11 is 3.35. The lowest BCUT2D eigenvalue weighted by molar-refractivity contribution is -0.141. The maximum atomic E-state index is 10.2. The molecule has 0 saturated heterocycles. The van der Waals surface area contributed by atoms with E-state index >= 15 is 0 Å². The van der Waals surface area contributed by atoms with E-state index in [0.717, 1.165) is 4.47 Å². The number of nitrogens with zero attached hydrogens (tertiary/aromatic N) is 1. The Morgan fingerprint density at radius 3 is 2.06 bits per heavy atom. The van der Waals surface area contributed by atoms with Crippen LogP contribution in [0.5, 0.6) is 0 Å². The Kier molecular flexibility index (Phi) is 7.83. The van der Waals surface area contributed by atoms with E-state index in [0.29, 0.717) is 6.54 Å². The highest BCUT2D eigenvalue weighted by molar-refractivity contribution is 9.10. The molecule has 1 rings (SSSR count). The fraction of sp³-hybridized carbons (Fsp3) is 0.462. The fourth-order valence-corrected chi connectivity index (χ4v) is 1.42. The van der Waals surface area contributed by atoms with Gasteiger partial charge in [-0.2, -0.15) is 0 Å². The number of carbonyl (C=O) groups is 1. The molecule has 0 saturated carbocycles. The average molecular weight is 302 g/mol. The van der Waals surface area contributed by atoms with E-state index < -0.39 is 5.97 Å². The Labute approximate surface area is 112 Å². The summed E-state index contributed by atoms with van der Waals surface area (Å²) in [5.74, 6) is -0.997. The monoisotopic (exact) mass is 301 g/mol. The minimum atomic E-state index is -0.733. The normalized spacial score (nSPS) is 11.6. The van der Waals surface area contributed by atoms with E-state index in [1.165, 1.54) is 5.56 Å². The van der Waals surface area contributed by atoms with Gasteiger partial charge in [-0.15, -0.1) is 0 Å². The molecule has 0 aliphatic rings. The van der Waals surface area contributed by atoms with Crippen LogP contribution in [0.15, 0.2) is 28.7 Å². The van der Waals surface area contributed by atoms with E-state index in [9.17, 15) is 4.79 Å². The molecule has 0 aromatic heterocycles. The Morgan fingerprint density at radius 1 is 1.35 bits per heavy atom. The van der Waals surface area contributed by atoms with Crippen molar-refractivity contribution in [3.8, 4) is 0 Å². The van der Waals surface area contributed by atoms with Crippen molar-refractivity contribution >= 4 is 21.9 Å². The maximum absolute atomic E-state index is 10.2. The van der Waals surface area contributed by atoms with Crippen molar-refractivity contribution in [1.82, 2.24) is 4.90 Å². The van der Waals surface area contributed by atoms with Crippen LogP contribution in [-0.2, 0) is 4.79 Å². The van der Waals surface area contributed by atoms with Crippen LogP contribution in [-0.4, -0.2) is 36.6 Å². The van der Waals surface area contributed by atoms with E-state index in [1.807, 2.05) is 31.1 Å². The second-order valence-electron chi connectivity index (χ2n) is 4.30. The second kappa shape index (κ2) is 8.25. The van der Waals surface area contributed by atoms with Gasteiger partial charge in [0.2, 0.25) is 0 Å². The number of rotatable bonds is 3. The van der Waals surface area contributed by atoms with E-state index in [1.54, 1.807) is 6.92 Å². The van der Waals surface area contributed by atoms with Crippen LogP contribution in [0.1, 0.15) is 12.5 Å². The van der Waals surface area contributed by atoms with Crippen molar-refractivity contribution in [3.63, 3.8) is 0 Å². The van der Waals surface area contributed by atoms with Crippen molar-refractivity contribution in [1.29, 1.82) is 0 Å². The van der Waals surface area contributed by atoms with Gasteiger partial charge in [0.1, 0.15) is 0 Å². The molecule has 0 spiro atoms. The molecule has 0 aliphatic heterocycles. The summed E-state index contributed by atoms with van der Waals surface area (Å²) in [4.78, 5) is 12.1. The maximum Gasteiger partial charge on any atom is 0.307 e. The van der Waals surface area contributed by atoms with Crippen molar-refractivity contribution in [3.05, 3.63) is 34.3 Å². The highest BCUT2D eigenvalue weighted by atomic mass is 79.9. The van der Waals surface area contributed by atoms with Gasteiger partial charge in [-0.3, -0.25) is 4.79 Å². The summed E-state index contributed by atoms with van der Waals surface area (Å²) in [6.07, 6.45) is 0. The van der Waals surface area contributed by atoms with E-state index in [2.05, 4.69) is 35.0 Å². The molecule has 0 fully saturated rings. The zero-order valence-electron chi connectivity index (χ0n) is 10.8. The van der Waals surface area contributed by atoms with Gasteiger partial charge in [-0.05, 0) is 33.2 Å². The lowest BCUT2D eigenvalue weighted by atomic mass is 10.2. The first kappa shape index (κ1) is 16.1. The highest BCUT2D eigenvalue weighted by Crippen LogP contribution is 2.08. The van der Waals surface area contributed by atoms with Gasteiger partial charge in [-0.25, -0.2) is 0 Å². The second-order valence-corrected chi connectivity index (χ2v) is 5.21. The third-order valence-electron chi connectivity index (χ3n) is 2.07. The summed E-state index contributed by atoms with van der Waals surface area (Å²) in [7, 11) is 3.72. The lowest BCUT2D eigenvalue weighted by Gasteiger charge is -2.11. The van der Waals surface area contributed by atoms with Crippen LogP contribution >= 0.6 is 15.9 Å². The average Bonchev–Trinajstić information content (AvgIpc) is 2.22. The largest absolute Gasteiger partial charge is 0.481 e. The van der Waals surface area contributed by atoms with Gasteiger partial charge in [0, 0.05) is 11.0 Å². The number of aliphatic carboxylic acids is 1. The number of benzene rings is 1. The minimum Gasteiger partial charge on any atom is -0.481 e. The van der Waals surface area contributed by atoms with Crippen molar-refractivity contribution < 1.29 is 9.90 Å². The number of halogens is 1. The summed E-state index contributed by atoms with van der Waals surface area (Å²) in [6.45, 7) is 4.38. The van der Waals surface area contributed by atoms with Gasteiger partial charge in [-0.1, -0.05) is 40.5 Å². The molecule has 17 heavy (non-hydrogen) atoms. The van der Waals surface area contributed by atoms with Crippen molar-refractivity contribution in [2.45, 2.75) is 13.8 Å². The van der Waals surface area contributed by atoms with Crippen LogP contribution in [0.3, 0.4) is 0 Å². The third-order valence-corrected chi connectivity index (χ3v) is 2.60. The Balaban J connectivity index is 0.000000302. The summed E-state index contributed by atoms with van der Waals surface area (Å²) < 4.78 is 1.14. The van der Waals surface area contributed by atoms with Gasteiger partial charge < -0.3 is 10.0 Å². The fourth-order valence-electron chi connectivity index (χ4n) is 1.16. The molecule has 1 aromatic carbocycles. The van der Waals surface area contributed by atoms with Crippen LogP contribution in [0.25, 0.3) is 0 Å². The van der Waals surface area contributed by atoms with Crippen LogP contribution in [0.2, 0.25) is 0 Å². The SMILES string of the molecule is CC(CN(C)C)C(=O)O.Cc1ccc(Br)cc1. The standard InChI is InChI=1S/C7H7Br.C6H13NO2/c1-6-2-4-7(8)5-3-6;1-5(6(8)9)4-7(2)3/h2-5H,1H3;5H,4H2,1-3H3,(H,8,9). The van der Waals surface area contributed by atoms with Crippen LogP contribution in [0.4, 0.5) is 0 Å². The molecule has 1 atom stereocenters. The summed E-state index contributed by atoms with van der Waals surface area (Å²) in [5, 5.41) is 8.40. The van der Waals surface area contributed by atoms with E-state index in [-0.39, 0.29) is 5.92 Å². The minimum absolute atomic E-state index is 0.264. The molecule has 1 aromatic rings. The summed E-state index contributed by atoms with van der Waals surface area (Å²) in [6, 6.07) is 8.22. The molecule has 0 bridgehead atoms. The number of aryl methyl sites for hydroxylation is 1. The smallest absolute Gasteiger partial charge is 0.307 e. The van der Waals surface area contributed by atoms with Crippen LogP contribution < -0.4 is 0 Å². The van der Waals surface area contributed by atoms with Gasteiger partial charge in [0.15, 0.2) is 0 Å². The predicted molar refractivity (Wildman–Crippen MR) is 74.2 cm³/mol. The third kappa shape index (κ3) is 8.89. The number of carboxylic acids is 1. The topological polar surface area (TPSA) is 40.5 Å². The molecule has 0 amide bonds. The molecule has 0 radical (unpaired) electrons. The van der Waals surface area contributed by atoms with Crippen molar-refractivity contribution in [2.24, 2.45) is 5.92 Å².